The summed E-state index contributed by atoms with van der Waals surface area (Å²) < 4.78 is 0. The monoisotopic (exact) mass is 335 g/mol. The highest BCUT2D eigenvalue weighted by molar-refractivity contribution is 7.13. The lowest BCUT2D eigenvalue weighted by Gasteiger charge is -2.32. The van der Waals surface area contributed by atoms with Crippen molar-refractivity contribution in [3.63, 3.8) is 0 Å². The molecule has 0 spiro atoms. The van der Waals surface area contributed by atoms with Gasteiger partial charge in [-0.25, -0.2) is 4.98 Å². The lowest BCUT2D eigenvalue weighted by atomic mass is 10.2. The van der Waals surface area contributed by atoms with E-state index in [-0.39, 0.29) is 5.91 Å². The first-order valence-electron chi connectivity index (χ1n) is 7.28. The van der Waals surface area contributed by atoms with Crippen molar-refractivity contribution < 1.29 is 4.79 Å². The minimum absolute atomic E-state index is 0.168. The Balaban J connectivity index is 1.64. The number of aromatic nitrogens is 1. The summed E-state index contributed by atoms with van der Waals surface area (Å²) >= 11 is 7.46. The Hall–Kier alpha value is -1.43. The van der Waals surface area contributed by atoms with Crippen molar-refractivity contribution in [2.75, 3.05) is 33.2 Å². The highest BCUT2D eigenvalue weighted by atomic mass is 35.5. The van der Waals surface area contributed by atoms with Crippen LogP contribution in [0.25, 0.3) is 10.6 Å². The second kappa shape index (κ2) is 6.77. The molecule has 0 N–H and O–H groups in total. The SMILES string of the molecule is CN1CCN(C(=O)Cc2csc(-c3ccc(Cl)cc3)n2)CC1. The molecule has 116 valence electrons. The average molecular weight is 336 g/mol. The molecule has 22 heavy (non-hydrogen) atoms. The molecule has 1 aliphatic rings. The minimum atomic E-state index is 0.168. The normalized spacial score (nSPS) is 16.0. The fourth-order valence-corrected chi connectivity index (χ4v) is 3.39. The number of hydrogen-bond acceptors (Lipinski definition) is 4. The van der Waals surface area contributed by atoms with Crippen molar-refractivity contribution in [2.24, 2.45) is 0 Å². The molecule has 1 saturated heterocycles. The molecule has 2 heterocycles. The van der Waals surface area contributed by atoms with E-state index in [4.69, 9.17) is 11.6 Å². The minimum Gasteiger partial charge on any atom is -0.340 e. The Morgan fingerprint density at radius 3 is 2.59 bits per heavy atom. The zero-order valence-corrected chi connectivity index (χ0v) is 14.0. The average Bonchev–Trinajstić information content (AvgIpc) is 2.97. The van der Waals surface area contributed by atoms with Crippen molar-refractivity contribution in [2.45, 2.75) is 6.42 Å². The second-order valence-corrected chi connectivity index (χ2v) is 6.81. The molecular formula is C16H18ClN3OS. The molecule has 1 amide bonds. The van der Waals surface area contributed by atoms with Gasteiger partial charge in [-0.05, 0) is 19.2 Å². The summed E-state index contributed by atoms with van der Waals surface area (Å²) in [7, 11) is 2.08. The van der Waals surface area contributed by atoms with Crippen LogP contribution in [0.15, 0.2) is 29.6 Å². The first kappa shape index (κ1) is 15.5. The first-order valence-corrected chi connectivity index (χ1v) is 8.54. The van der Waals surface area contributed by atoms with Crippen LogP contribution >= 0.6 is 22.9 Å². The first-order chi connectivity index (χ1) is 10.6. The van der Waals surface area contributed by atoms with E-state index in [1.54, 1.807) is 11.3 Å². The zero-order valence-electron chi connectivity index (χ0n) is 12.5. The fourth-order valence-electron chi connectivity index (χ4n) is 2.44. The van der Waals surface area contributed by atoms with E-state index in [0.717, 1.165) is 42.4 Å². The summed E-state index contributed by atoms with van der Waals surface area (Å²) in [6.45, 7) is 3.50. The van der Waals surface area contributed by atoms with Gasteiger partial charge in [-0.1, -0.05) is 23.7 Å². The molecule has 0 radical (unpaired) electrons. The molecule has 1 fully saturated rings. The molecule has 0 saturated carbocycles. The molecule has 3 rings (SSSR count). The number of piperazine rings is 1. The van der Waals surface area contributed by atoms with E-state index in [9.17, 15) is 4.79 Å². The molecule has 1 aromatic heterocycles. The quantitative estimate of drug-likeness (QED) is 0.865. The summed E-state index contributed by atoms with van der Waals surface area (Å²) in [5, 5.41) is 3.61. The summed E-state index contributed by atoms with van der Waals surface area (Å²) in [4.78, 5) is 21.1. The number of hydrogen-bond donors (Lipinski definition) is 0. The third-order valence-electron chi connectivity index (χ3n) is 3.83. The van der Waals surface area contributed by atoms with E-state index >= 15 is 0 Å². The van der Waals surface area contributed by atoms with E-state index < -0.39 is 0 Å². The predicted octanol–water partition coefficient (Wildman–Crippen LogP) is 2.78. The number of thiazole rings is 1. The van der Waals surface area contributed by atoms with Crippen LogP contribution in [0.2, 0.25) is 5.02 Å². The van der Waals surface area contributed by atoms with E-state index in [1.807, 2.05) is 34.5 Å². The third kappa shape index (κ3) is 3.66. The largest absolute Gasteiger partial charge is 0.340 e. The second-order valence-electron chi connectivity index (χ2n) is 5.51. The number of halogens is 1. The van der Waals surface area contributed by atoms with E-state index in [2.05, 4.69) is 16.9 Å². The van der Waals surface area contributed by atoms with E-state index in [0.29, 0.717) is 11.4 Å². The molecule has 0 bridgehead atoms. The Kier molecular flexibility index (Phi) is 4.76. The van der Waals surface area contributed by atoms with Crippen LogP contribution in [0.3, 0.4) is 0 Å². The number of amides is 1. The summed E-state index contributed by atoms with van der Waals surface area (Å²) in [5.74, 6) is 0.168. The van der Waals surface area contributed by atoms with Crippen LogP contribution < -0.4 is 0 Å². The van der Waals surface area contributed by atoms with Gasteiger partial charge in [-0.3, -0.25) is 4.79 Å². The number of carbonyl (C=O) groups excluding carboxylic acids is 1. The molecular weight excluding hydrogens is 318 g/mol. The van der Waals surface area contributed by atoms with Crippen LogP contribution in [-0.2, 0) is 11.2 Å². The number of likely N-dealkylation sites (N-methyl/N-ethyl adjacent to an activating group) is 1. The van der Waals surface area contributed by atoms with Gasteiger partial charge >= 0.3 is 0 Å². The molecule has 0 aliphatic carbocycles. The van der Waals surface area contributed by atoms with Gasteiger partial charge in [0.25, 0.3) is 0 Å². The molecule has 6 heteroatoms. The Morgan fingerprint density at radius 1 is 1.23 bits per heavy atom. The Morgan fingerprint density at radius 2 is 1.91 bits per heavy atom. The van der Waals surface area contributed by atoms with Crippen LogP contribution in [0.1, 0.15) is 5.69 Å². The van der Waals surface area contributed by atoms with E-state index in [1.165, 1.54) is 0 Å². The number of carbonyl (C=O) groups is 1. The van der Waals surface area contributed by atoms with Gasteiger partial charge in [0.15, 0.2) is 0 Å². The lowest BCUT2D eigenvalue weighted by molar-refractivity contribution is -0.132. The number of rotatable bonds is 3. The summed E-state index contributed by atoms with van der Waals surface area (Å²) in [6, 6.07) is 7.61. The highest BCUT2D eigenvalue weighted by Crippen LogP contribution is 2.25. The smallest absolute Gasteiger partial charge is 0.228 e. The lowest BCUT2D eigenvalue weighted by Crippen LogP contribution is -2.47. The van der Waals surface area contributed by atoms with Gasteiger partial charge in [-0.2, -0.15) is 0 Å². The maximum absolute atomic E-state index is 12.3. The molecule has 0 unspecified atom stereocenters. The predicted molar refractivity (Wildman–Crippen MR) is 90.3 cm³/mol. The van der Waals surface area contributed by atoms with Crippen molar-refractivity contribution in [1.82, 2.24) is 14.8 Å². The van der Waals surface area contributed by atoms with Crippen molar-refractivity contribution >= 4 is 28.8 Å². The molecule has 4 nitrogen and oxygen atoms in total. The maximum Gasteiger partial charge on any atom is 0.228 e. The van der Waals surface area contributed by atoms with Crippen molar-refractivity contribution in [3.8, 4) is 10.6 Å². The van der Waals surface area contributed by atoms with Crippen LogP contribution in [0, 0.1) is 0 Å². The van der Waals surface area contributed by atoms with Crippen LogP contribution in [-0.4, -0.2) is 53.9 Å². The fraction of sp³-hybridized carbons (Fsp3) is 0.375. The van der Waals surface area contributed by atoms with Crippen LogP contribution in [0.4, 0.5) is 0 Å². The molecule has 1 aliphatic heterocycles. The highest BCUT2D eigenvalue weighted by Gasteiger charge is 2.20. The standard InChI is InChI=1S/C16H18ClN3OS/c1-19-6-8-20(9-7-19)15(21)10-14-11-22-16(18-14)12-2-4-13(17)5-3-12/h2-5,11H,6-10H2,1H3. The third-order valence-corrected chi connectivity index (χ3v) is 5.02. The van der Waals surface area contributed by atoms with Crippen LogP contribution in [0.5, 0.6) is 0 Å². The molecule has 0 atom stereocenters. The topological polar surface area (TPSA) is 36.4 Å². The maximum atomic E-state index is 12.3. The van der Waals surface area contributed by atoms with Gasteiger partial charge in [-0.15, -0.1) is 11.3 Å². The van der Waals surface area contributed by atoms with Gasteiger partial charge in [0, 0.05) is 42.1 Å². The number of nitrogens with zero attached hydrogens (tertiary/aromatic N) is 3. The van der Waals surface area contributed by atoms with Gasteiger partial charge in [0.1, 0.15) is 5.01 Å². The van der Waals surface area contributed by atoms with Gasteiger partial charge in [0.05, 0.1) is 12.1 Å². The van der Waals surface area contributed by atoms with Crippen molar-refractivity contribution in [3.05, 3.63) is 40.4 Å². The van der Waals surface area contributed by atoms with Gasteiger partial charge in [0.2, 0.25) is 5.91 Å². The summed E-state index contributed by atoms with van der Waals surface area (Å²) in [6.07, 6.45) is 0.383. The Bertz CT molecular complexity index is 648. The van der Waals surface area contributed by atoms with Crippen molar-refractivity contribution in [1.29, 1.82) is 0 Å². The summed E-state index contributed by atoms with van der Waals surface area (Å²) in [5.41, 5.74) is 1.88. The molecule has 2 aromatic rings. The Labute approximate surface area is 139 Å². The zero-order chi connectivity index (χ0) is 15.5. The van der Waals surface area contributed by atoms with Gasteiger partial charge < -0.3 is 9.80 Å². The molecule has 1 aromatic carbocycles. The number of benzene rings is 1.